The smallest absolute Gasteiger partial charge is 0.340 e. The summed E-state index contributed by atoms with van der Waals surface area (Å²) in [5, 5.41) is 2.97. The second-order valence-electron chi connectivity index (χ2n) is 9.07. The highest BCUT2D eigenvalue weighted by Crippen LogP contribution is 2.32. The summed E-state index contributed by atoms with van der Waals surface area (Å²) < 4.78 is 16.0. The minimum absolute atomic E-state index is 0.0873. The zero-order chi connectivity index (χ0) is 24.4. The summed E-state index contributed by atoms with van der Waals surface area (Å²) in [6.45, 7) is 8.53. The molecule has 2 N–H and O–H groups in total. The average molecular weight is 470 g/mol. The summed E-state index contributed by atoms with van der Waals surface area (Å²) in [6, 6.07) is 5.58. The third-order valence-electron chi connectivity index (χ3n) is 6.18. The molecule has 0 bridgehead atoms. The van der Waals surface area contributed by atoms with Gasteiger partial charge in [-0.3, -0.25) is 9.59 Å². The standard InChI is InChI=1S/C25H31N3O6/c1-14(2)34-25(31)21-15(3)22(27-16(21)4)24(30)28-9-5-6-18(12-28)23(29)26-11-17-7-8-19-20(10-17)33-13-32-19/h7-8,10,14,18,27H,5-6,9,11-13H2,1-4H3,(H,26,29). The Kier molecular flexibility index (Phi) is 6.81. The first-order valence-electron chi connectivity index (χ1n) is 11.6. The van der Waals surface area contributed by atoms with Gasteiger partial charge in [-0.2, -0.15) is 0 Å². The first-order valence-corrected chi connectivity index (χ1v) is 11.6. The fourth-order valence-electron chi connectivity index (χ4n) is 4.46. The topological polar surface area (TPSA) is 110 Å². The lowest BCUT2D eigenvalue weighted by Gasteiger charge is -2.32. The number of aromatic amines is 1. The number of hydrogen-bond acceptors (Lipinski definition) is 6. The van der Waals surface area contributed by atoms with Gasteiger partial charge in [-0.1, -0.05) is 6.07 Å². The largest absolute Gasteiger partial charge is 0.459 e. The fraction of sp³-hybridized carbons (Fsp3) is 0.480. The molecular weight excluding hydrogens is 438 g/mol. The van der Waals surface area contributed by atoms with Crippen LogP contribution in [0.15, 0.2) is 18.2 Å². The van der Waals surface area contributed by atoms with Crippen LogP contribution in [0.5, 0.6) is 11.5 Å². The van der Waals surface area contributed by atoms with Crippen molar-refractivity contribution in [1.29, 1.82) is 0 Å². The maximum atomic E-state index is 13.3. The van der Waals surface area contributed by atoms with Crippen molar-refractivity contribution < 1.29 is 28.6 Å². The first kappa shape index (κ1) is 23.7. The number of likely N-dealkylation sites (tertiary alicyclic amines) is 1. The molecule has 0 aliphatic carbocycles. The summed E-state index contributed by atoms with van der Waals surface area (Å²) in [5.74, 6) is 0.336. The molecule has 182 valence electrons. The number of ether oxygens (including phenoxy) is 3. The molecule has 1 aromatic heterocycles. The van der Waals surface area contributed by atoms with Crippen molar-refractivity contribution in [3.05, 3.63) is 46.3 Å². The van der Waals surface area contributed by atoms with Crippen LogP contribution in [0.25, 0.3) is 0 Å². The third-order valence-corrected chi connectivity index (χ3v) is 6.18. The number of nitrogens with zero attached hydrogens (tertiary/aromatic N) is 1. The minimum atomic E-state index is -0.445. The molecule has 0 saturated carbocycles. The summed E-state index contributed by atoms with van der Waals surface area (Å²) in [6.07, 6.45) is 1.19. The first-order chi connectivity index (χ1) is 16.2. The lowest BCUT2D eigenvalue weighted by atomic mass is 9.96. The molecule has 9 heteroatoms. The van der Waals surface area contributed by atoms with Crippen molar-refractivity contribution in [3.8, 4) is 11.5 Å². The minimum Gasteiger partial charge on any atom is -0.459 e. The van der Waals surface area contributed by atoms with Crippen molar-refractivity contribution in [2.75, 3.05) is 19.9 Å². The van der Waals surface area contributed by atoms with E-state index in [1.54, 1.807) is 32.6 Å². The summed E-state index contributed by atoms with van der Waals surface area (Å²) in [7, 11) is 0. The van der Waals surface area contributed by atoms with Crippen molar-refractivity contribution in [3.63, 3.8) is 0 Å². The van der Waals surface area contributed by atoms with Gasteiger partial charge < -0.3 is 29.4 Å². The molecule has 2 aliphatic rings. The Morgan fingerprint density at radius 3 is 2.74 bits per heavy atom. The van der Waals surface area contributed by atoms with Gasteiger partial charge in [0.25, 0.3) is 5.91 Å². The van der Waals surface area contributed by atoms with Crippen LogP contribution in [0.3, 0.4) is 0 Å². The highest BCUT2D eigenvalue weighted by molar-refractivity contribution is 6.00. The molecule has 1 unspecified atom stereocenters. The number of benzene rings is 1. The number of carbonyl (C=O) groups excluding carboxylic acids is 3. The predicted octanol–water partition coefficient (Wildman–Crippen LogP) is 3.09. The second-order valence-corrected chi connectivity index (χ2v) is 9.07. The number of esters is 1. The Morgan fingerprint density at radius 1 is 1.21 bits per heavy atom. The van der Waals surface area contributed by atoms with Crippen molar-refractivity contribution in [1.82, 2.24) is 15.2 Å². The van der Waals surface area contributed by atoms with Crippen LogP contribution < -0.4 is 14.8 Å². The molecule has 2 aliphatic heterocycles. The number of piperidine rings is 1. The highest BCUT2D eigenvalue weighted by atomic mass is 16.7. The molecular formula is C25H31N3O6. The van der Waals surface area contributed by atoms with Crippen LogP contribution in [0.2, 0.25) is 0 Å². The molecule has 3 heterocycles. The van der Waals surface area contributed by atoms with Gasteiger partial charge in [-0.15, -0.1) is 0 Å². The third kappa shape index (κ3) is 4.88. The monoisotopic (exact) mass is 469 g/mol. The maximum absolute atomic E-state index is 13.3. The number of nitrogens with one attached hydrogen (secondary N) is 2. The number of H-pyrrole nitrogens is 1. The van der Waals surface area contributed by atoms with Gasteiger partial charge in [0, 0.05) is 25.3 Å². The second kappa shape index (κ2) is 9.79. The summed E-state index contributed by atoms with van der Waals surface area (Å²) in [4.78, 5) is 43.3. The summed E-state index contributed by atoms with van der Waals surface area (Å²) >= 11 is 0. The number of fused-ring (bicyclic) bond motifs is 1. The van der Waals surface area contributed by atoms with Crippen LogP contribution in [-0.2, 0) is 16.1 Å². The van der Waals surface area contributed by atoms with Crippen molar-refractivity contribution in [2.24, 2.45) is 5.92 Å². The maximum Gasteiger partial charge on any atom is 0.340 e. The van der Waals surface area contributed by atoms with Crippen molar-refractivity contribution >= 4 is 17.8 Å². The van der Waals surface area contributed by atoms with Crippen LogP contribution in [0, 0.1) is 19.8 Å². The van der Waals surface area contributed by atoms with Gasteiger partial charge in [-0.05, 0) is 63.8 Å². The van der Waals surface area contributed by atoms with E-state index in [2.05, 4.69) is 10.3 Å². The number of rotatable bonds is 6. The number of carbonyl (C=O) groups is 3. The predicted molar refractivity (Wildman–Crippen MR) is 124 cm³/mol. The van der Waals surface area contributed by atoms with Gasteiger partial charge in [0.2, 0.25) is 12.7 Å². The van der Waals surface area contributed by atoms with E-state index in [0.29, 0.717) is 60.1 Å². The Labute approximate surface area is 198 Å². The van der Waals surface area contributed by atoms with E-state index in [-0.39, 0.29) is 30.6 Å². The van der Waals surface area contributed by atoms with Crippen molar-refractivity contribution in [2.45, 2.75) is 53.2 Å². The number of aromatic nitrogens is 1. The average Bonchev–Trinajstić information content (AvgIpc) is 3.39. The van der Waals surface area contributed by atoms with Gasteiger partial charge in [0.15, 0.2) is 11.5 Å². The van der Waals surface area contributed by atoms with E-state index in [1.165, 1.54) is 0 Å². The van der Waals surface area contributed by atoms with Crippen LogP contribution in [-0.4, -0.2) is 53.7 Å². The molecule has 2 amide bonds. The van der Waals surface area contributed by atoms with E-state index in [9.17, 15) is 14.4 Å². The van der Waals surface area contributed by atoms with E-state index in [4.69, 9.17) is 14.2 Å². The van der Waals surface area contributed by atoms with E-state index in [0.717, 1.165) is 12.0 Å². The number of aryl methyl sites for hydroxylation is 1. The lowest BCUT2D eigenvalue weighted by Crippen LogP contribution is -2.45. The number of hydrogen-bond donors (Lipinski definition) is 2. The molecule has 0 spiro atoms. The molecule has 9 nitrogen and oxygen atoms in total. The van der Waals surface area contributed by atoms with E-state index >= 15 is 0 Å². The molecule has 1 fully saturated rings. The molecule has 34 heavy (non-hydrogen) atoms. The zero-order valence-electron chi connectivity index (χ0n) is 20.0. The molecule has 1 saturated heterocycles. The lowest BCUT2D eigenvalue weighted by molar-refractivity contribution is -0.126. The molecule has 4 rings (SSSR count). The van der Waals surface area contributed by atoms with Gasteiger partial charge in [-0.25, -0.2) is 4.79 Å². The molecule has 2 aromatic rings. The SMILES string of the molecule is Cc1[nH]c(C(=O)N2CCCC(C(=O)NCc3ccc4c(c3)OCO4)C2)c(C)c1C(=O)OC(C)C. The molecule has 1 atom stereocenters. The van der Waals surface area contributed by atoms with Gasteiger partial charge >= 0.3 is 5.97 Å². The Hall–Kier alpha value is -3.49. The van der Waals surface area contributed by atoms with Gasteiger partial charge in [0.05, 0.1) is 17.6 Å². The quantitative estimate of drug-likeness (QED) is 0.629. The van der Waals surface area contributed by atoms with Crippen LogP contribution in [0.4, 0.5) is 0 Å². The fourth-order valence-corrected chi connectivity index (χ4v) is 4.46. The van der Waals surface area contributed by atoms with E-state index < -0.39 is 5.97 Å². The summed E-state index contributed by atoms with van der Waals surface area (Å²) in [5.41, 5.74) is 2.85. The Morgan fingerprint density at radius 2 is 1.97 bits per heavy atom. The Balaban J connectivity index is 1.39. The number of amides is 2. The molecule has 1 aromatic carbocycles. The van der Waals surface area contributed by atoms with Crippen LogP contribution >= 0.6 is 0 Å². The normalized spacial score (nSPS) is 17.1. The Bertz CT molecular complexity index is 1110. The highest BCUT2D eigenvalue weighted by Gasteiger charge is 2.32. The van der Waals surface area contributed by atoms with Crippen LogP contribution in [0.1, 0.15) is 64.4 Å². The van der Waals surface area contributed by atoms with Gasteiger partial charge in [0.1, 0.15) is 5.69 Å². The molecule has 0 radical (unpaired) electrons. The zero-order valence-corrected chi connectivity index (χ0v) is 20.0. The van der Waals surface area contributed by atoms with E-state index in [1.807, 2.05) is 18.2 Å².